The van der Waals surface area contributed by atoms with Crippen molar-refractivity contribution in [2.75, 3.05) is 5.32 Å². The Kier molecular flexibility index (Phi) is 4.23. The van der Waals surface area contributed by atoms with E-state index in [9.17, 15) is 4.79 Å². The Morgan fingerprint density at radius 1 is 0.964 bits per heavy atom. The van der Waals surface area contributed by atoms with Crippen LogP contribution in [0.2, 0.25) is 0 Å². The molecule has 5 aromatic rings. The Bertz CT molecular complexity index is 1240. The molecule has 0 aliphatic carbocycles. The molecule has 0 radical (unpaired) electrons. The van der Waals surface area contributed by atoms with Crippen LogP contribution in [0.5, 0.6) is 0 Å². The maximum Gasteiger partial charge on any atom is 0.275 e. The highest BCUT2D eigenvalue weighted by Gasteiger charge is 2.13. The first kappa shape index (κ1) is 16.9. The van der Waals surface area contributed by atoms with Crippen molar-refractivity contribution in [2.24, 2.45) is 0 Å². The maximum absolute atomic E-state index is 12.6. The van der Waals surface area contributed by atoms with Gasteiger partial charge in [0.2, 0.25) is 0 Å². The minimum Gasteiger partial charge on any atom is -0.321 e. The number of imidazole rings is 1. The lowest BCUT2D eigenvalue weighted by Gasteiger charge is -2.05. The summed E-state index contributed by atoms with van der Waals surface area (Å²) >= 11 is 3.05. The lowest BCUT2D eigenvalue weighted by atomic mass is 10.1. The van der Waals surface area contributed by atoms with Crippen LogP contribution in [0.25, 0.3) is 26.8 Å². The molecule has 0 unspecified atom stereocenters. The Hall–Kier alpha value is -3.29. The third-order valence-electron chi connectivity index (χ3n) is 4.27. The average Bonchev–Trinajstić information content (AvgIpc) is 3.45. The summed E-state index contributed by atoms with van der Waals surface area (Å²) < 4.78 is 1.99. The molecular weight excluding hydrogens is 388 g/mol. The molecule has 136 valence electrons. The highest BCUT2D eigenvalue weighted by atomic mass is 32.1. The van der Waals surface area contributed by atoms with Crippen LogP contribution >= 0.6 is 22.7 Å². The number of hydrogen-bond acceptors (Lipinski definition) is 5. The van der Waals surface area contributed by atoms with Crippen LogP contribution in [-0.2, 0) is 0 Å². The van der Waals surface area contributed by atoms with Gasteiger partial charge in [-0.1, -0.05) is 42.5 Å². The van der Waals surface area contributed by atoms with Gasteiger partial charge in [-0.3, -0.25) is 9.20 Å². The van der Waals surface area contributed by atoms with Crippen LogP contribution in [0.3, 0.4) is 0 Å². The lowest BCUT2D eigenvalue weighted by Crippen LogP contribution is -2.12. The number of aromatic nitrogens is 3. The zero-order valence-corrected chi connectivity index (χ0v) is 16.2. The van der Waals surface area contributed by atoms with Crippen LogP contribution in [0.1, 0.15) is 10.5 Å². The molecule has 0 spiro atoms. The van der Waals surface area contributed by atoms with Crippen LogP contribution in [0, 0.1) is 0 Å². The van der Waals surface area contributed by atoms with E-state index in [2.05, 4.69) is 15.3 Å². The molecule has 0 aliphatic rings. The molecule has 3 aromatic heterocycles. The largest absolute Gasteiger partial charge is 0.321 e. The predicted molar refractivity (Wildman–Crippen MR) is 114 cm³/mol. The fourth-order valence-corrected chi connectivity index (χ4v) is 4.42. The van der Waals surface area contributed by atoms with Crippen molar-refractivity contribution in [1.29, 1.82) is 0 Å². The predicted octanol–water partition coefficient (Wildman–Crippen LogP) is 5.44. The molecule has 2 aromatic carbocycles. The van der Waals surface area contributed by atoms with E-state index in [1.807, 2.05) is 76.8 Å². The fourth-order valence-electron chi connectivity index (χ4n) is 2.91. The maximum atomic E-state index is 12.6. The van der Waals surface area contributed by atoms with E-state index in [0.717, 1.165) is 26.8 Å². The van der Waals surface area contributed by atoms with Gasteiger partial charge in [-0.2, -0.15) is 0 Å². The smallest absolute Gasteiger partial charge is 0.275 e. The minimum atomic E-state index is -0.221. The lowest BCUT2D eigenvalue weighted by molar-refractivity contribution is 0.102. The Balaban J connectivity index is 1.37. The number of carbonyl (C=O) groups excluding carboxylic acids is 1. The number of anilines is 1. The van der Waals surface area contributed by atoms with Crippen molar-refractivity contribution >= 4 is 39.2 Å². The van der Waals surface area contributed by atoms with Crippen molar-refractivity contribution < 1.29 is 4.79 Å². The SMILES string of the molecule is O=C(Nc1cccc(-c2cn3ccsc3n2)c1)c1csc(-c2ccccc2)n1. The van der Waals surface area contributed by atoms with Crippen molar-refractivity contribution in [3.63, 3.8) is 0 Å². The number of rotatable bonds is 4. The van der Waals surface area contributed by atoms with E-state index in [1.165, 1.54) is 11.3 Å². The van der Waals surface area contributed by atoms with E-state index in [1.54, 1.807) is 16.7 Å². The second kappa shape index (κ2) is 7.03. The molecule has 5 rings (SSSR count). The van der Waals surface area contributed by atoms with Gasteiger partial charge in [0.25, 0.3) is 5.91 Å². The number of nitrogens with one attached hydrogen (secondary N) is 1. The van der Waals surface area contributed by atoms with Gasteiger partial charge < -0.3 is 5.32 Å². The molecule has 0 saturated carbocycles. The van der Waals surface area contributed by atoms with Gasteiger partial charge in [-0.25, -0.2) is 9.97 Å². The molecule has 0 bridgehead atoms. The van der Waals surface area contributed by atoms with E-state index in [0.29, 0.717) is 11.4 Å². The van der Waals surface area contributed by atoms with Gasteiger partial charge in [-0.05, 0) is 12.1 Å². The summed E-state index contributed by atoms with van der Waals surface area (Å²) in [4.78, 5) is 22.7. The van der Waals surface area contributed by atoms with Crippen molar-refractivity contribution in [1.82, 2.24) is 14.4 Å². The van der Waals surface area contributed by atoms with Crippen molar-refractivity contribution in [2.45, 2.75) is 0 Å². The Morgan fingerprint density at radius 3 is 2.68 bits per heavy atom. The second-order valence-electron chi connectivity index (χ2n) is 6.16. The highest BCUT2D eigenvalue weighted by Crippen LogP contribution is 2.26. The molecule has 0 atom stereocenters. The van der Waals surface area contributed by atoms with E-state index >= 15 is 0 Å². The zero-order valence-electron chi connectivity index (χ0n) is 14.6. The quantitative estimate of drug-likeness (QED) is 0.435. The Labute approximate surface area is 169 Å². The summed E-state index contributed by atoms with van der Waals surface area (Å²) in [6.45, 7) is 0. The number of thiazole rings is 2. The van der Waals surface area contributed by atoms with Gasteiger partial charge in [0.1, 0.15) is 10.7 Å². The molecule has 0 fully saturated rings. The molecule has 7 heteroatoms. The van der Waals surface area contributed by atoms with Crippen LogP contribution in [-0.4, -0.2) is 20.3 Å². The first-order valence-electron chi connectivity index (χ1n) is 8.61. The summed E-state index contributed by atoms with van der Waals surface area (Å²) in [5.74, 6) is -0.221. The molecule has 1 amide bonds. The summed E-state index contributed by atoms with van der Waals surface area (Å²) in [5.41, 5.74) is 3.97. The van der Waals surface area contributed by atoms with Crippen molar-refractivity contribution in [3.8, 4) is 21.8 Å². The molecular formula is C21H14N4OS2. The summed E-state index contributed by atoms with van der Waals surface area (Å²) in [6, 6.07) is 17.5. The van der Waals surface area contributed by atoms with E-state index in [-0.39, 0.29) is 5.91 Å². The average molecular weight is 403 g/mol. The molecule has 1 N–H and O–H groups in total. The highest BCUT2D eigenvalue weighted by molar-refractivity contribution is 7.15. The normalized spacial score (nSPS) is 11.0. The number of nitrogens with zero attached hydrogens (tertiary/aromatic N) is 3. The number of amides is 1. The van der Waals surface area contributed by atoms with Gasteiger partial charge in [0, 0.05) is 40.0 Å². The zero-order chi connectivity index (χ0) is 18.9. The molecule has 0 saturated heterocycles. The molecule has 28 heavy (non-hydrogen) atoms. The van der Waals surface area contributed by atoms with Crippen LogP contribution < -0.4 is 5.32 Å². The van der Waals surface area contributed by atoms with Gasteiger partial charge >= 0.3 is 0 Å². The van der Waals surface area contributed by atoms with Gasteiger partial charge in [0.15, 0.2) is 4.96 Å². The second-order valence-corrected chi connectivity index (χ2v) is 7.89. The summed E-state index contributed by atoms with van der Waals surface area (Å²) in [7, 11) is 0. The first-order chi connectivity index (χ1) is 13.8. The fraction of sp³-hybridized carbons (Fsp3) is 0. The van der Waals surface area contributed by atoms with Crippen LogP contribution in [0.15, 0.2) is 77.8 Å². The van der Waals surface area contributed by atoms with Gasteiger partial charge in [-0.15, -0.1) is 22.7 Å². The summed E-state index contributed by atoms with van der Waals surface area (Å²) in [6.07, 6.45) is 3.97. The van der Waals surface area contributed by atoms with E-state index in [4.69, 9.17) is 0 Å². The first-order valence-corrected chi connectivity index (χ1v) is 10.4. The van der Waals surface area contributed by atoms with E-state index < -0.39 is 0 Å². The topological polar surface area (TPSA) is 59.3 Å². The number of fused-ring (bicyclic) bond motifs is 1. The van der Waals surface area contributed by atoms with Gasteiger partial charge in [0.05, 0.1) is 5.69 Å². The third-order valence-corrected chi connectivity index (χ3v) is 5.93. The summed E-state index contributed by atoms with van der Waals surface area (Å²) in [5, 5.41) is 7.55. The molecule has 0 aliphatic heterocycles. The molecule has 3 heterocycles. The number of carbonyl (C=O) groups is 1. The monoisotopic (exact) mass is 402 g/mol. The third kappa shape index (κ3) is 3.21. The standard InChI is InChI=1S/C21H14N4OS2/c26-19(18-13-28-20(23-18)14-5-2-1-3-6-14)22-16-8-4-7-15(11-16)17-12-25-9-10-27-21(25)24-17/h1-13H,(H,22,26). The number of benzene rings is 2. The van der Waals surface area contributed by atoms with Crippen molar-refractivity contribution in [3.05, 3.63) is 83.4 Å². The Morgan fingerprint density at radius 2 is 1.82 bits per heavy atom. The minimum absolute atomic E-state index is 0.221. The van der Waals surface area contributed by atoms with Crippen LogP contribution in [0.4, 0.5) is 5.69 Å². The number of hydrogen-bond donors (Lipinski definition) is 1. The molecule has 5 nitrogen and oxygen atoms in total.